The van der Waals surface area contributed by atoms with E-state index in [2.05, 4.69) is 29.4 Å². The zero-order valence-corrected chi connectivity index (χ0v) is 9.89. The number of nitrogens with zero attached hydrogens (tertiary/aromatic N) is 2. The fraction of sp³-hybridized carbons (Fsp3) is 0.667. The van der Waals surface area contributed by atoms with Crippen LogP contribution < -0.4 is 5.32 Å². The van der Waals surface area contributed by atoms with E-state index in [9.17, 15) is 0 Å². The molecule has 88 valence electrons. The van der Waals surface area contributed by atoms with Gasteiger partial charge in [-0.15, -0.1) is 0 Å². The minimum absolute atomic E-state index is 0.350. The molecule has 2 atom stereocenters. The Morgan fingerprint density at radius 2 is 2.12 bits per heavy atom. The Kier molecular flexibility index (Phi) is 3.85. The van der Waals surface area contributed by atoms with E-state index in [1.165, 1.54) is 0 Å². The zero-order chi connectivity index (χ0) is 11.4. The molecule has 0 aromatic carbocycles. The summed E-state index contributed by atoms with van der Waals surface area (Å²) in [6, 6.07) is 4.44. The first kappa shape index (κ1) is 11.5. The minimum Gasteiger partial charge on any atom is -0.375 e. The van der Waals surface area contributed by atoms with E-state index in [1.807, 2.05) is 12.1 Å². The third-order valence-corrected chi connectivity index (χ3v) is 2.90. The molecule has 1 fully saturated rings. The average Bonchev–Trinajstić information content (AvgIpc) is 2.27. The second-order valence-corrected chi connectivity index (χ2v) is 4.52. The van der Waals surface area contributed by atoms with Crippen molar-refractivity contribution in [3.63, 3.8) is 0 Å². The Hall–Kier alpha value is -1.00. The molecule has 1 saturated heterocycles. The number of nitrogens with one attached hydrogen (secondary N) is 1. The van der Waals surface area contributed by atoms with E-state index in [0.717, 1.165) is 25.1 Å². The highest BCUT2D eigenvalue weighted by molar-refractivity contribution is 4.99. The highest BCUT2D eigenvalue weighted by atomic mass is 16.5. The van der Waals surface area contributed by atoms with Gasteiger partial charge < -0.3 is 10.1 Å². The Morgan fingerprint density at radius 1 is 1.38 bits per heavy atom. The molecule has 1 aromatic rings. The van der Waals surface area contributed by atoms with Gasteiger partial charge in [0, 0.05) is 18.8 Å². The van der Waals surface area contributed by atoms with Gasteiger partial charge >= 0.3 is 0 Å². The van der Waals surface area contributed by atoms with Crippen molar-refractivity contribution < 1.29 is 4.74 Å². The molecule has 1 aliphatic rings. The third-order valence-electron chi connectivity index (χ3n) is 2.90. The molecular weight excluding hydrogens is 202 g/mol. The van der Waals surface area contributed by atoms with Crippen LogP contribution in [0.1, 0.15) is 32.4 Å². The lowest BCUT2D eigenvalue weighted by atomic mass is 10.00. The summed E-state index contributed by atoms with van der Waals surface area (Å²) in [5, 5.41) is 11.4. The van der Waals surface area contributed by atoms with Gasteiger partial charge in [-0.1, -0.05) is 0 Å². The van der Waals surface area contributed by atoms with Crippen molar-refractivity contribution in [3.8, 4) is 0 Å². The molecule has 1 aliphatic heterocycles. The maximum Gasteiger partial charge on any atom is 0.0769 e. The molecule has 0 radical (unpaired) electrons. The molecule has 2 heterocycles. The Morgan fingerprint density at radius 3 is 2.75 bits per heavy atom. The van der Waals surface area contributed by atoms with Crippen LogP contribution in [0.4, 0.5) is 0 Å². The number of hydrogen-bond donors (Lipinski definition) is 1. The van der Waals surface area contributed by atoms with Crippen molar-refractivity contribution in [2.75, 3.05) is 0 Å². The molecule has 0 amide bonds. The number of aromatic nitrogens is 2. The van der Waals surface area contributed by atoms with Crippen LogP contribution in [0.3, 0.4) is 0 Å². The first-order valence-corrected chi connectivity index (χ1v) is 5.89. The molecule has 4 heteroatoms. The average molecular weight is 221 g/mol. The number of rotatable bonds is 3. The fourth-order valence-corrected chi connectivity index (χ4v) is 2.25. The molecule has 1 aromatic heterocycles. The van der Waals surface area contributed by atoms with Crippen molar-refractivity contribution >= 4 is 0 Å². The summed E-state index contributed by atoms with van der Waals surface area (Å²) in [7, 11) is 0. The predicted molar refractivity (Wildman–Crippen MR) is 61.9 cm³/mol. The normalized spacial score (nSPS) is 30.2. The van der Waals surface area contributed by atoms with E-state index in [0.29, 0.717) is 18.2 Å². The molecular formula is C12H19N3O. The molecule has 1 N–H and O–H groups in total. The van der Waals surface area contributed by atoms with Gasteiger partial charge in [0.05, 0.1) is 17.9 Å². The van der Waals surface area contributed by atoms with Gasteiger partial charge in [-0.2, -0.15) is 10.2 Å². The zero-order valence-electron chi connectivity index (χ0n) is 9.89. The monoisotopic (exact) mass is 221 g/mol. The highest BCUT2D eigenvalue weighted by Gasteiger charge is 2.23. The lowest BCUT2D eigenvalue weighted by Gasteiger charge is -2.32. The van der Waals surface area contributed by atoms with E-state index < -0.39 is 0 Å². The largest absolute Gasteiger partial charge is 0.375 e. The topological polar surface area (TPSA) is 47.0 Å². The predicted octanol–water partition coefficient (Wildman–Crippen LogP) is 1.52. The van der Waals surface area contributed by atoms with Crippen molar-refractivity contribution in [1.82, 2.24) is 15.5 Å². The Labute approximate surface area is 96.4 Å². The summed E-state index contributed by atoms with van der Waals surface area (Å²) in [4.78, 5) is 0. The van der Waals surface area contributed by atoms with Crippen molar-refractivity contribution in [1.29, 1.82) is 0 Å². The summed E-state index contributed by atoms with van der Waals surface area (Å²) < 4.78 is 5.70. The van der Waals surface area contributed by atoms with Gasteiger partial charge in [0.25, 0.3) is 0 Å². The van der Waals surface area contributed by atoms with Crippen LogP contribution in [0.25, 0.3) is 0 Å². The lowest BCUT2D eigenvalue weighted by molar-refractivity contribution is -0.0423. The Balaban J connectivity index is 1.81. The second-order valence-electron chi connectivity index (χ2n) is 4.52. The smallest absolute Gasteiger partial charge is 0.0769 e. The van der Waals surface area contributed by atoms with Crippen LogP contribution in [-0.4, -0.2) is 28.4 Å². The van der Waals surface area contributed by atoms with Crippen LogP contribution in [0.2, 0.25) is 0 Å². The van der Waals surface area contributed by atoms with Gasteiger partial charge in [-0.05, 0) is 38.8 Å². The fourth-order valence-electron chi connectivity index (χ4n) is 2.25. The van der Waals surface area contributed by atoms with Crippen LogP contribution in [0.5, 0.6) is 0 Å². The van der Waals surface area contributed by atoms with Gasteiger partial charge in [-0.25, -0.2) is 0 Å². The molecule has 4 nitrogen and oxygen atoms in total. The molecule has 0 bridgehead atoms. The van der Waals surface area contributed by atoms with E-state index in [-0.39, 0.29) is 0 Å². The highest BCUT2D eigenvalue weighted by Crippen LogP contribution is 2.19. The maximum atomic E-state index is 5.70. The van der Waals surface area contributed by atoms with Gasteiger partial charge in [0.2, 0.25) is 0 Å². The number of ether oxygens (including phenoxy) is 1. The van der Waals surface area contributed by atoms with Crippen molar-refractivity contribution in [2.45, 2.75) is 51.5 Å². The molecule has 0 aliphatic carbocycles. The van der Waals surface area contributed by atoms with E-state index >= 15 is 0 Å². The quantitative estimate of drug-likeness (QED) is 0.840. The summed E-state index contributed by atoms with van der Waals surface area (Å²) in [5.41, 5.74) is 0.995. The van der Waals surface area contributed by atoms with Crippen LogP contribution in [0.15, 0.2) is 18.3 Å². The van der Waals surface area contributed by atoms with Gasteiger partial charge in [0.15, 0.2) is 0 Å². The summed E-state index contributed by atoms with van der Waals surface area (Å²) in [5.74, 6) is 0. The standard InChI is InChI=1S/C12H19N3O/c1-9-6-12(7-10(2)16-9)13-8-11-4-3-5-14-15-11/h3-5,9-10,12-13H,6-8H2,1-2H3. The van der Waals surface area contributed by atoms with E-state index in [4.69, 9.17) is 4.74 Å². The van der Waals surface area contributed by atoms with Crippen LogP contribution >= 0.6 is 0 Å². The Bertz CT molecular complexity index is 307. The first-order chi connectivity index (χ1) is 7.74. The second kappa shape index (κ2) is 5.37. The SMILES string of the molecule is CC1CC(NCc2cccnn2)CC(C)O1. The van der Waals surface area contributed by atoms with Crippen molar-refractivity contribution in [2.24, 2.45) is 0 Å². The first-order valence-electron chi connectivity index (χ1n) is 5.89. The maximum absolute atomic E-state index is 5.70. The molecule has 16 heavy (non-hydrogen) atoms. The summed E-state index contributed by atoms with van der Waals surface area (Å²) >= 11 is 0. The van der Waals surface area contributed by atoms with Crippen molar-refractivity contribution in [3.05, 3.63) is 24.0 Å². The lowest BCUT2D eigenvalue weighted by Crippen LogP contribution is -2.41. The molecule has 0 saturated carbocycles. The van der Waals surface area contributed by atoms with Gasteiger partial charge in [0.1, 0.15) is 0 Å². The summed E-state index contributed by atoms with van der Waals surface area (Å²) in [6.07, 6.45) is 4.54. The number of hydrogen-bond acceptors (Lipinski definition) is 4. The third kappa shape index (κ3) is 3.25. The van der Waals surface area contributed by atoms with Crippen LogP contribution in [0, 0.1) is 0 Å². The van der Waals surface area contributed by atoms with Crippen LogP contribution in [-0.2, 0) is 11.3 Å². The minimum atomic E-state index is 0.350. The molecule has 0 spiro atoms. The van der Waals surface area contributed by atoms with Gasteiger partial charge in [-0.3, -0.25) is 0 Å². The molecule has 2 unspecified atom stereocenters. The van der Waals surface area contributed by atoms with E-state index in [1.54, 1.807) is 6.20 Å². The summed E-state index contributed by atoms with van der Waals surface area (Å²) in [6.45, 7) is 5.05. The molecule has 2 rings (SSSR count).